The Labute approximate surface area is 141 Å². The standard InChI is InChI=1S/C19H23N3O2/c1-13-8-9-16(17(23)22(13)3)12-20-18(24)21-19(2)10-14-6-4-5-7-15(14)11-19/h4-9H,10-12H2,1-3H3,(H2,20,21,24). The van der Waals surface area contributed by atoms with Gasteiger partial charge in [0.2, 0.25) is 0 Å². The van der Waals surface area contributed by atoms with Gasteiger partial charge >= 0.3 is 6.03 Å². The monoisotopic (exact) mass is 325 g/mol. The van der Waals surface area contributed by atoms with Crippen molar-refractivity contribution in [3.05, 3.63) is 69.1 Å². The highest BCUT2D eigenvalue weighted by atomic mass is 16.2. The Hall–Kier alpha value is -2.56. The van der Waals surface area contributed by atoms with Crippen LogP contribution in [0.15, 0.2) is 41.2 Å². The summed E-state index contributed by atoms with van der Waals surface area (Å²) in [4.78, 5) is 24.4. The number of carbonyl (C=O) groups is 1. The lowest BCUT2D eigenvalue weighted by molar-refractivity contribution is 0.228. The Morgan fingerprint density at radius 1 is 1.17 bits per heavy atom. The molecule has 2 amide bonds. The molecule has 126 valence electrons. The van der Waals surface area contributed by atoms with Gasteiger partial charge in [-0.05, 0) is 43.9 Å². The third-order valence-electron chi connectivity index (χ3n) is 4.77. The van der Waals surface area contributed by atoms with Gasteiger partial charge in [-0.3, -0.25) is 4.79 Å². The molecule has 5 heteroatoms. The molecule has 0 bridgehead atoms. The fourth-order valence-corrected chi connectivity index (χ4v) is 3.30. The molecule has 0 atom stereocenters. The molecule has 1 aliphatic carbocycles. The fraction of sp³-hybridized carbons (Fsp3) is 0.368. The smallest absolute Gasteiger partial charge is 0.315 e. The molecule has 0 saturated heterocycles. The number of hydrogen-bond acceptors (Lipinski definition) is 2. The van der Waals surface area contributed by atoms with E-state index in [0.29, 0.717) is 5.56 Å². The molecule has 1 aliphatic rings. The van der Waals surface area contributed by atoms with Gasteiger partial charge in [-0.1, -0.05) is 30.3 Å². The molecule has 0 fully saturated rings. The van der Waals surface area contributed by atoms with Crippen molar-refractivity contribution < 1.29 is 4.79 Å². The lowest BCUT2D eigenvalue weighted by Gasteiger charge is -2.25. The van der Waals surface area contributed by atoms with Crippen LogP contribution in [0, 0.1) is 6.92 Å². The lowest BCUT2D eigenvalue weighted by Crippen LogP contribution is -2.51. The van der Waals surface area contributed by atoms with E-state index in [2.05, 4.69) is 29.7 Å². The Balaban J connectivity index is 1.61. The van der Waals surface area contributed by atoms with Gasteiger partial charge < -0.3 is 15.2 Å². The van der Waals surface area contributed by atoms with Crippen LogP contribution in [0.1, 0.15) is 29.3 Å². The molecule has 1 aromatic carbocycles. The maximum atomic E-state index is 12.3. The van der Waals surface area contributed by atoms with E-state index in [9.17, 15) is 9.59 Å². The highest BCUT2D eigenvalue weighted by Gasteiger charge is 2.33. The first kappa shape index (κ1) is 16.3. The second-order valence-electron chi connectivity index (χ2n) is 6.85. The van der Waals surface area contributed by atoms with Crippen molar-refractivity contribution in [2.24, 2.45) is 7.05 Å². The zero-order valence-corrected chi connectivity index (χ0v) is 14.3. The van der Waals surface area contributed by atoms with E-state index < -0.39 is 0 Å². The van der Waals surface area contributed by atoms with E-state index in [-0.39, 0.29) is 23.7 Å². The van der Waals surface area contributed by atoms with E-state index in [1.165, 1.54) is 11.1 Å². The second kappa shape index (κ2) is 6.15. The quantitative estimate of drug-likeness (QED) is 0.907. The molecule has 0 saturated carbocycles. The van der Waals surface area contributed by atoms with Crippen molar-refractivity contribution >= 4 is 6.03 Å². The number of aromatic nitrogens is 1. The Kier molecular flexibility index (Phi) is 4.18. The van der Waals surface area contributed by atoms with Crippen LogP contribution in [0.25, 0.3) is 0 Å². The predicted molar refractivity (Wildman–Crippen MR) is 94.0 cm³/mol. The molecule has 0 radical (unpaired) electrons. The number of hydrogen-bond donors (Lipinski definition) is 2. The third-order valence-corrected chi connectivity index (χ3v) is 4.77. The summed E-state index contributed by atoms with van der Waals surface area (Å²) < 4.78 is 1.59. The van der Waals surface area contributed by atoms with Gasteiger partial charge in [0, 0.05) is 30.4 Å². The summed E-state index contributed by atoms with van der Waals surface area (Å²) in [6.45, 7) is 4.16. The molecule has 0 aliphatic heterocycles. The maximum Gasteiger partial charge on any atom is 0.315 e. The van der Waals surface area contributed by atoms with Crippen molar-refractivity contribution in [2.45, 2.75) is 38.8 Å². The largest absolute Gasteiger partial charge is 0.334 e. The van der Waals surface area contributed by atoms with E-state index in [1.807, 2.05) is 25.1 Å². The molecule has 0 unspecified atom stereocenters. The fourth-order valence-electron chi connectivity index (χ4n) is 3.30. The predicted octanol–water partition coefficient (Wildman–Crippen LogP) is 2.05. The van der Waals surface area contributed by atoms with E-state index in [0.717, 1.165) is 18.5 Å². The number of amides is 2. The molecule has 3 rings (SSSR count). The molecule has 24 heavy (non-hydrogen) atoms. The van der Waals surface area contributed by atoms with Crippen LogP contribution in [0.3, 0.4) is 0 Å². The number of urea groups is 1. The first-order valence-corrected chi connectivity index (χ1v) is 8.16. The molecule has 2 N–H and O–H groups in total. The third kappa shape index (κ3) is 3.20. The Morgan fingerprint density at radius 3 is 2.42 bits per heavy atom. The topological polar surface area (TPSA) is 63.1 Å². The molecular weight excluding hydrogens is 302 g/mol. The summed E-state index contributed by atoms with van der Waals surface area (Å²) in [6.07, 6.45) is 1.64. The summed E-state index contributed by atoms with van der Waals surface area (Å²) >= 11 is 0. The van der Waals surface area contributed by atoms with Crippen LogP contribution in [0.5, 0.6) is 0 Å². The highest BCUT2D eigenvalue weighted by Crippen LogP contribution is 2.29. The molecule has 1 aromatic heterocycles. The minimum absolute atomic E-state index is 0.0743. The number of fused-ring (bicyclic) bond motifs is 1. The molecular formula is C19H23N3O2. The molecule has 5 nitrogen and oxygen atoms in total. The van der Waals surface area contributed by atoms with Gasteiger partial charge in [0.15, 0.2) is 0 Å². The molecule has 0 spiro atoms. The number of rotatable bonds is 3. The average Bonchev–Trinajstić information content (AvgIpc) is 2.87. The van der Waals surface area contributed by atoms with Gasteiger partial charge in [-0.25, -0.2) is 4.79 Å². The maximum absolute atomic E-state index is 12.3. The van der Waals surface area contributed by atoms with Gasteiger partial charge in [0.25, 0.3) is 5.56 Å². The SMILES string of the molecule is Cc1ccc(CNC(=O)NC2(C)Cc3ccccc3C2)c(=O)n1C. The van der Waals surface area contributed by atoms with E-state index in [4.69, 9.17) is 0 Å². The Morgan fingerprint density at radius 2 is 1.79 bits per heavy atom. The van der Waals surface area contributed by atoms with E-state index >= 15 is 0 Å². The summed E-state index contributed by atoms with van der Waals surface area (Å²) in [5.74, 6) is 0. The minimum Gasteiger partial charge on any atom is -0.334 e. The Bertz CT molecular complexity index is 814. The van der Waals surface area contributed by atoms with Gasteiger partial charge in [0.05, 0.1) is 0 Å². The first-order chi connectivity index (χ1) is 11.4. The number of carbonyl (C=O) groups excluding carboxylic acids is 1. The lowest BCUT2D eigenvalue weighted by atomic mass is 9.99. The molecule has 1 heterocycles. The average molecular weight is 325 g/mol. The first-order valence-electron chi connectivity index (χ1n) is 8.16. The highest BCUT2D eigenvalue weighted by molar-refractivity contribution is 5.75. The zero-order valence-electron chi connectivity index (χ0n) is 14.3. The second-order valence-corrected chi connectivity index (χ2v) is 6.85. The number of pyridine rings is 1. The van der Waals surface area contributed by atoms with Crippen LogP contribution in [-0.2, 0) is 26.4 Å². The zero-order chi connectivity index (χ0) is 17.3. The minimum atomic E-state index is -0.286. The van der Waals surface area contributed by atoms with Gasteiger partial charge in [0.1, 0.15) is 0 Å². The summed E-state index contributed by atoms with van der Waals surface area (Å²) in [6, 6.07) is 11.7. The number of nitrogens with one attached hydrogen (secondary N) is 2. The van der Waals surface area contributed by atoms with Crippen LogP contribution in [0.4, 0.5) is 4.79 Å². The number of aryl methyl sites for hydroxylation is 1. The van der Waals surface area contributed by atoms with Crippen molar-refractivity contribution in [3.63, 3.8) is 0 Å². The number of nitrogens with zero attached hydrogens (tertiary/aromatic N) is 1. The van der Waals surface area contributed by atoms with Crippen LogP contribution in [-0.4, -0.2) is 16.1 Å². The summed E-state index contributed by atoms with van der Waals surface area (Å²) in [5, 5.41) is 5.86. The van der Waals surface area contributed by atoms with Crippen molar-refractivity contribution in [1.29, 1.82) is 0 Å². The van der Waals surface area contributed by atoms with Crippen molar-refractivity contribution in [3.8, 4) is 0 Å². The summed E-state index contributed by atoms with van der Waals surface area (Å²) in [7, 11) is 1.73. The van der Waals surface area contributed by atoms with Crippen LogP contribution in [0.2, 0.25) is 0 Å². The van der Waals surface area contributed by atoms with Crippen LogP contribution < -0.4 is 16.2 Å². The van der Waals surface area contributed by atoms with Crippen LogP contribution >= 0.6 is 0 Å². The number of benzene rings is 1. The molecule has 2 aromatic rings. The van der Waals surface area contributed by atoms with E-state index in [1.54, 1.807) is 17.7 Å². The summed E-state index contributed by atoms with van der Waals surface area (Å²) in [5.41, 5.74) is 3.68. The van der Waals surface area contributed by atoms with Gasteiger partial charge in [-0.15, -0.1) is 0 Å². The van der Waals surface area contributed by atoms with Crippen molar-refractivity contribution in [2.75, 3.05) is 0 Å². The van der Waals surface area contributed by atoms with Crippen molar-refractivity contribution in [1.82, 2.24) is 15.2 Å². The van der Waals surface area contributed by atoms with Gasteiger partial charge in [-0.2, -0.15) is 0 Å². The normalized spacial score (nSPS) is 15.0.